The standard InChI is InChI=1S/C27H28N4O3S2/c1-20-9-8-11-24-25(20)29-27(35-24)31(19-22-10-4-5-16-28-22)26(32)21-12-14-23(15-13-21)36(33,34)30-17-6-2-3-7-18-30/h4-5,8-16H,2-3,6-7,17-19H2,1H3. The Kier molecular flexibility index (Phi) is 7.13. The first-order valence-corrected chi connectivity index (χ1v) is 14.4. The number of carbonyl (C=O) groups is 1. The van der Waals surface area contributed by atoms with E-state index in [-0.39, 0.29) is 17.3 Å². The molecule has 7 nitrogen and oxygen atoms in total. The highest BCUT2D eigenvalue weighted by Gasteiger charge is 2.27. The second-order valence-electron chi connectivity index (χ2n) is 8.97. The summed E-state index contributed by atoms with van der Waals surface area (Å²) in [5.41, 5.74) is 3.05. The van der Waals surface area contributed by atoms with E-state index in [0.717, 1.165) is 47.2 Å². The van der Waals surface area contributed by atoms with Crippen LogP contribution < -0.4 is 4.90 Å². The zero-order valence-electron chi connectivity index (χ0n) is 20.1. The van der Waals surface area contributed by atoms with Crippen LogP contribution in [0.5, 0.6) is 0 Å². The Morgan fingerprint density at radius 3 is 2.39 bits per heavy atom. The van der Waals surface area contributed by atoms with Gasteiger partial charge in [0, 0.05) is 24.8 Å². The number of aromatic nitrogens is 2. The predicted octanol–water partition coefficient (Wildman–Crippen LogP) is 5.41. The minimum absolute atomic E-state index is 0.216. The molecule has 0 bridgehead atoms. The van der Waals surface area contributed by atoms with Crippen LogP contribution in [0.4, 0.5) is 5.13 Å². The summed E-state index contributed by atoms with van der Waals surface area (Å²) in [6.07, 6.45) is 5.55. The summed E-state index contributed by atoms with van der Waals surface area (Å²) in [6, 6.07) is 17.8. The van der Waals surface area contributed by atoms with Crippen molar-refractivity contribution < 1.29 is 13.2 Å². The van der Waals surface area contributed by atoms with Crippen LogP contribution in [0.25, 0.3) is 10.2 Å². The van der Waals surface area contributed by atoms with Gasteiger partial charge in [0.25, 0.3) is 5.91 Å². The van der Waals surface area contributed by atoms with Crippen LogP contribution in [-0.2, 0) is 16.6 Å². The van der Waals surface area contributed by atoms with Crippen LogP contribution in [-0.4, -0.2) is 41.7 Å². The number of hydrogen-bond donors (Lipinski definition) is 0. The monoisotopic (exact) mass is 520 g/mol. The van der Waals surface area contributed by atoms with Crippen molar-refractivity contribution in [2.45, 2.75) is 44.0 Å². The molecule has 0 radical (unpaired) electrons. The number of carbonyl (C=O) groups excluding carboxylic acids is 1. The number of fused-ring (bicyclic) bond motifs is 1. The number of aryl methyl sites for hydroxylation is 1. The molecule has 1 fully saturated rings. The molecule has 9 heteroatoms. The van der Waals surface area contributed by atoms with Crippen LogP contribution in [0.3, 0.4) is 0 Å². The van der Waals surface area contributed by atoms with Crippen LogP contribution in [0, 0.1) is 6.92 Å². The lowest BCUT2D eigenvalue weighted by Gasteiger charge is -2.21. The van der Waals surface area contributed by atoms with E-state index in [2.05, 4.69) is 4.98 Å². The molecule has 2 aromatic heterocycles. The minimum atomic E-state index is -3.58. The van der Waals surface area contributed by atoms with E-state index in [1.807, 2.05) is 43.3 Å². The zero-order chi connectivity index (χ0) is 25.1. The molecule has 1 aliphatic rings. The smallest absolute Gasteiger partial charge is 0.260 e. The van der Waals surface area contributed by atoms with Gasteiger partial charge in [0.1, 0.15) is 0 Å². The van der Waals surface area contributed by atoms with Crippen molar-refractivity contribution in [2.24, 2.45) is 0 Å². The van der Waals surface area contributed by atoms with Crippen molar-refractivity contribution >= 4 is 42.6 Å². The van der Waals surface area contributed by atoms with Gasteiger partial charge in [-0.1, -0.05) is 42.4 Å². The van der Waals surface area contributed by atoms with Crippen molar-refractivity contribution in [1.29, 1.82) is 0 Å². The third-order valence-electron chi connectivity index (χ3n) is 6.44. The Morgan fingerprint density at radius 2 is 1.72 bits per heavy atom. The van der Waals surface area contributed by atoms with Crippen LogP contribution >= 0.6 is 11.3 Å². The number of pyridine rings is 1. The Balaban J connectivity index is 1.46. The van der Waals surface area contributed by atoms with Crippen molar-refractivity contribution in [1.82, 2.24) is 14.3 Å². The lowest BCUT2D eigenvalue weighted by molar-refractivity contribution is 0.0984. The quantitative estimate of drug-likeness (QED) is 0.339. The van der Waals surface area contributed by atoms with E-state index in [0.29, 0.717) is 23.8 Å². The molecule has 1 aliphatic heterocycles. The fraction of sp³-hybridized carbons (Fsp3) is 0.296. The first-order valence-electron chi connectivity index (χ1n) is 12.1. The highest BCUT2D eigenvalue weighted by Crippen LogP contribution is 2.32. The number of sulfonamides is 1. The molecule has 0 atom stereocenters. The maximum absolute atomic E-state index is 13.7. The van der Waals surface area contributed by atoms with E-state index in [4.69, 9.17) is 4.98 Å². The SMILES string of the molecule is Cc1cccc2sc(N(Cc3ccccn3)C(=O)c3ccc(S(=O)(=O)N4CCCCCC4)cc3)nc12. The summed E-state index contributed by atoms with van der Waals surface area (Å²) >= 11 is 1.45. The molecule has 0 N–H and O–H groups in total. The van der Waals surface area contributed by atoms with Crippen molar-refractivity contribution in [2.75, 3.05) is 18.0 Å². The number of anilines is 1. The molecule has 3 heterocycles. The molecule has 2 aromatic carbocycles. The van der Waals surface area contributed by atoms with E-state index in [1.54, 1.807) is 27.5 Å². The summed E-state index contributed by atoms with van der Waals surface area (Å²) < 4.78 is 28.9. The van der Waals surface area contributed by atoms with Crippen molar-refractivity contribution in [3.63, 3.8) is 0 Å². The number of thiazole rings is 1. The van der Waals surface area contributed by atoms with E-state index < -0.39 is 10.0 Å². The summed E-state index contributed by atoms with van der Waals surface area (Å²) in [7, 11) is -3.58. The lowest BCUT2D eigenvalue weighted by atomic mass is 10.2. The fourth-order valence-corrected chi connectivity index (χ4v) is 6.98. The van der Waals surface area contributed by atoms with Gasteiger partial charge in [-0.05, 0) is 67.8 Å². The molecule has 0 unspecified atom stereocenters. The summed E-state index contributed by atoms with van der Waals surface area (Å²) in [4.78, 5) is 24.7. The number of amides is 1. The first kappa shape index (κ1) is 24.5. The second-order valence-corrected chi connectivity index (χ2v) is 11.9. The Morgan fingerprint density at radius 1 is 0.972 bits per heavy atom. The molecule has 0 saturated carbocycles. The molecule has 0 aliphatic carbocycles. The summed E-state index contributed by atoms with van der Waals surface area (Å²) in [6.45, 7) is 3.34. The van der Waals surface area contributed by atoms with Gasteiger partial charge in [0.15, 0.2) is 5.13 Å². The molecular formula is C27H28N4O3S2. The molecule has 1 amide bonds. The fourth-order valence-electron chi connectivity index (χ4n) is 4.43. The van der Waals surface area contributed by atoms with Crippen molar-refractivity contribution in [3.05, 3.63) is 83.7 Å². The maximum atomic E-state index is 13.7. The molecule has 4 aromatic rings. The number of benzene rings is 2. The zero-order valence-corrected chi connectivity index (χ0v) is 21.8. The highest BCUT2D eigenvalue weighted by atomic mass is 32.2. The van der Waals surface area contributed by atoms with Gasteiger partial charge in [0.05, 0.1) is 27.4 Å². The van der Waals surface area contributed by atoms with Crippen LogP contribution in [0.15, 0.2) is 71.8 Å². The third-order valence-corrected chi connectivity index (χ3v) is 9.39. The number of nitrogens with zero attached hydrogens (tertiary/aromatic N) is 4. The van der Waals surface area contributed by atoms with Gasteiger partial charge in [-0.3, -0.25) is 14.7 Å². The predicted molar refractivity (Wildman–Crippen MR) is 143 cm³/mol. The third kappa shape index (κ3) is 5.04. The van der Waals surface area contributed by atoms with Gasteiger partial charge in [-0.25, -0.2) is 13.4 Å². The maximum Gasteiger partial charge on any atom is 0.260 e. The molecular weight excluding hydrogens is 492 g/mol. The van der Waals surface area contributed by atoms with Crippen molar-refractivity contribution in [3.8, 4) is 0 Å². The largest absolute Gasteiger partial charge is 0.278 e. The number of hydrogen-bond acceptors (Lipinski definition) is 6. The number of para-hydroxylation sites is 1. The highest BCUT2D eigenvalue weighted by molar-refractivity contribution is 7.89. The normalized spacial score (nSPS) is 15.0. The first-order chi connectivity index (χ1) is 17.4. The average molecular weight is 521 g/mol. The lowest BCUT2D eigenvalue weighted by Crippen LogP contribution is -2.32. The van der Waals surface area contributed by atoms with E-state index in [1.165, 1.54) is 23.5 Å². The van der Waals surface area contributed by atoms with Gasteiger partial charge < -0.3 is 0 Å². The van der Waals surface area contributed by atoms with E-state index >= 15 is 0 Å². The Hall–Kier alpha value is -3.14. The van der Waals surface area contributed by atoms with Crippen LogP contribution in [0.1, 0.15) is 47.3 Å². The van der Waals surface area contributed by atoms with E-state index in [9.17, 15) is 13.2 Å². The summed E-state index contributed by atoms with van der Waals surface area (Å²) in [5.74, 6) is -0.254. The Labute approximate surface area is 215 Å². The second kappa shape index (κ2) is 10.5. The average Bonchev–Trinajstić information content (AvgIpc) is 3.14. The molecule has 0 spiro atoms. The van der Waals surface area contributed by atoms with Gasteiger partial charge in [-0.15, -0.1) is 0 Å². The molecule has 36 heavy (non-hydrogen) atoms. The van der Waals surface area contributed by atoms with Gasteiger partial charge in [0.2, 0.25) is 10.0 Å². The molecule has 5 rings (SSSR count). The molecule has 186 valence electrons. The molecule has 1 saturated heterocycles. The minimum Gasteiger partial charge on any atom is -0.278 e. The topological polar surface area (TPSA) is 83.5 Å². The number of rotatable bonds is 6. The van der Waals surface area contributed by atoms with Gasteiger partial charge >= 0.3 is 0 Å². The van der Waals surface area contributed by atoms with Crippen LogP contribution in [0.2, 0.25) is 0 Å². The summed E-state index contributed by atoms with van der Waals surface area (Å²) in [5, 5.41) is 0.580. The van der Waals surface area contributed by atoms with Gasteiger partial charge in [-0.2, -0.15) is 4.31 Å². The Bertz CT molecular complexity index is 1460.